The molecule has 5 rings (SSSR count). The summed E-state index contributed by atoms with van der Waals surface area (Å²) in [7, 11) is 0. The molecular formula is C22H22N6O2S. The topological polar surface area (TPSA) is 82.1 Å². The Labute approximate surface area is 184 Å². The maximum Gasteiger partial charge on any atom is 0.247 e. The number of ether oxygens (including phenoxy) is 1. The summed E-state index contributed by atoms with van der Waals surface area (Å²) >= 11 is 1.53. The van der Waals surface area contributed by atoms with Crippen LogP contribution in [0.2, 0.25) is 0 Å². The third-order valence-corrected chi connectivity index (χ3v) is 5.90. The molecule has 1 saturated heterocycles. The lowest BCUT2D eigenvalue weighted by Gasteiger charge is -2.28. The second kappa shape index (κ2) is 8.91. The van der Waals surface area contributed by atoms with Gasteiger partial charge in [0.15, 0.2) is 5.16 Å². The molecule has 31 heavy (non-hydrogen) atoms. The molecule has 2 aromatic carbocycles. The van der Waals surface area contributed by atoms with Crippen LogP contribution in [0.1, 0.15) is 11.5 Å². The number of benzene rings is 2. The van der Waals surface area contributed by atoms with Crippen LogP contribution >= 0.6 is 11.8 Å². The Balaban J connectivity index is 1.41. The average molecular weight is 435 g/mol. The minimum atomic E-state index is 0.507. The standard InChI is InChI=1S/C22H22N6O2S/c1-16-6-5-9-18(14-16)28-21(27-10-12-29-13-11-27)25-26-22(28)31-15-19-23-24-20(30-19)17-7-3-2-4-8-17/h2-9,14H,10-13,15H2,1H3. The number of anilines is 1. The zero-order valence-corrected chi connectivity index (χ0v) is 18.0. The highest BCUT2D eigenvalue weighted by Crippen LogP contribution is 2.30. The molecule has 158 valence electrons. The molecule has 0 bridgehead atoms. The number of aryl methyl sites for hydroxylation is 1. The van der Waals surface area contributed by atoms with Crippen molar-refractivity contribution in [2.45, 2.75) is 17.8 Å². The Kier molecular flexibility index (Phi) is 5.68. The highest BCUT2D eigenvalue weighted by atomic mass is 32.2. The molecule has 1 aliphatic heterocycles. The highest BCUT2D eigenvalue weighted by Gasteiger charge is 2.22. The van der Waals surface area contributed by atoms with Crippen LogP contribution in [0.5, 0.6) is 0 Å². The molecule has 4 aromatic rings. The van der Waals surface area contributed by atoms with E-state index in [0.717, 1.165) is 35.4 Å². The normalized spacial score (nSPS) is 14.2. The number of thioether (sulfide) groups is 1. The Bertz CT molecular complexity index is 1150. The highest BCUT2D eigenvalue weighted by molar-refractivity contribution is 7.98. The van der Waals surface area contributed by atoms with Crippen molar-refractivity contribution in [1.29, 1.82) is 0 Å². The number of nitrogens with zero attached hydrogens (tertiary/aromatic N) is 6. The minimum Gasteiger partial charge on any atom is -0.420 e. The van der Waals surface area contributed by atoms with Crippen molar-refractivity contribution < 1.29 is 9.15 Å². The van der Waals surface area contributed by atoms with E-state index in [-0.39, 0.29) is 0 Å². The molecule has 0 N–H and O–H groups in total. The summed E-state index contributed by atoms with van der Waals surface area (Å²) in [6, 6.07) is 18.1. The summed E-state index contributed by atoms with van der Waals surface area (Å²) in [6.07, 6.45) is 0. The maximum atomic E-state index is 5.85. The Morgan fingerprint density at radius 1 is 0.935 bits per heavy atom. The van der Waals surface area contributed by atoms with Crippen LogP contribution in [0.15, 0.2) is 64.2 Å². The molecule has 0 atom stereocenters. The smallest absolute Gasteiger partial charge is 0.247 e. The van der Waals surface area contributed by atoms with Crippen LogP contribution in [0.25, 0.3) is 17.1 Å². The monoisotopic (exact) mass is 434 g/mol. The average Bonchev–Trinajstić information content (AvgIpc) is 3.46. The third-order valence-electron chi connectivity index (χ3n) is 4.98. The van der Waals surface area contributed by atoms with Crippen LogP contribution < -0.4 is 4.90 Å². The zero-order chi connectivity index (χ0) is 21.0. The van der Waals surface area contributed by atoms with Gasteiger partial charge in [0, 0.05) is 18.7 Å². The fraction of sp³-hybridized carbons (Fsp3) is 0.273. The van der Waals surface area contributed by atoms with Crippen LogP contribution in [0.3, 0.4) is 0 Å². The van der Waals surface area contributed by atoms with Gasteiger partial charge in [-0.2, -0.15) is 0 Å². The van der Waals surface area contributed by atoms with Crippen molar-refractivity contribution in [3.8, 4) is 17.1 Å². The summed E-state index contributed by atoms with van der Waals surface area (Å²) in [4.78, 5) is 2.21. The third kappa shape index (κ3) is 4.33. The molecule has 0 saturated carbocycles. The number of aromatic nitrogens is 5. The maximum absolute atomic E-state index is 5.85. The van der Waals surface area contributed by atoms with E-state index in [0.29, 0.717) is 30.7 Å². The number of hydrogen-bond acceptors (Lipinski definition) is 8. The van der Waals surface area contributed by atoms with E-state index in [4.69, 9.17) is 9.15 Å². The van der Waals surface area contributed by atoms with Gasteiger partial charge < -0.3 is 14.1 Å². The van der Waals surface area contributed by atoms with Crippen molar-refractivity contribution in [3.05, 3.63) is 66.1 Å². The molecule has 0 unspecified atom stereocenters. The Morgan fingerprint density at radius 3 is 2.58 bits per heavy atom. The zero-order valence-electron chi connectivity index (χ0n) is 17.1. The van der Waals surface area contributed by atoms with E-state index in [2.05, 4.69) is 55.0 Å². The van der Waals surface area contributed by atoms with Crippen LogP contribution in [0.4, 0.5) is 5.95 Å². The van der Waals surface area contributed by atoms with Crippen molar-refractivity contribution in [2.75, 3.05) is 31.2 Å². The lowest BCUT2D eigenvalue weighted by Crippen LogP contribution is -2.37. The SMILES string of the molecule is Cc1cccc(-n2c(SCc3nnc(-c4ccccc4)o3)nnc2N2CCOCC2)c1. The van der Waals surface area contributed by atoms with Crippen molar-refractivity contribution in [1.82, 2.24) is 25.0 Å². The molecule has 9 heteroatoms. The van der Waals surface area contributed by atoms with Gasteiger partial charge in [0.25, 0.3) is 0 Å². The van der Waals surface area contributed by atoms with Gasteiger partial charge in [-0.15, -0.1) is 20.4 Å². The summed E-state index contributed by atoms with van der Waals surface area (Å²) in [6.45, 7) is 5.04. The van der Waals surface area contributed by atoms with Gasteiger partial charge in [-0.3, -0.25) is 4.57 Å². The Hall–Kier alpha value is -3.17. The summed E-state index contributed by atoms with van der Waals surface area (Å²) in [5, 5.41) is 18.1. The van der Waals surface area contributed by atoms with E-state index < -0.39 is 0 Å². The van der Waals surface area contributed by atoms with E-state index in [1.165, 1.54) is 17.3 Å². The van der Waals surface area contributed by atoms with E-state index in [1.54, 1.807) is 0 Å². The molecule has 8 nitrogen and oxygen atoms in total. The predicted molar refractivity (Wildman–Crippen MR) is 118 cm³/mol. The quantitative estimate of drug-likeness (QED) is 0.424. The van der Waals surface area contributed by atoms with Crippen LogP contribution in [-0.4, -0.2) is 51.3 Å². The number of rotatable bonds is 6. The summed E-state index contributed by atoms with van der Waals surface area (Å²) < 4.78 is 13.5. The van der Waals surface area contributed by atoms with Crippen LogP contribution in [-0.2, 0) is 10.5 Å². The van der Waals surface area contributed by atoms with Crippen molar-refractivity contribution >= 4 is 17.7 Å². The molecular weight excluding hydrogens is 412 g/mol. The van der Waals surface area contributed by atoms with Crippen LogP contribution in [0, 0.1) is 6.92 Å². The second-order valence-corrected chi connectivity index (χ2v) is 8.15. The first-order valence-electron chi connectivity index (χ1n) is 10.1. The molecule has 0 aliphatic carbocycles. The fourth-order valence-corrected chi connectivity index (χ4v) is 4.24. The van der Waals surface area contributed by atoms with Gasteiger partial charge in [0.05, 0.1) is 24.7 Å². The fourth-order valence-electron chi connectivity index (χ4n) is 3.45. The molecule has 1 fully saturated rings. The predicted octanol–water partition coefficient (Wildman–Crippen LogP) is 3.75. The lowest BCUT2D eigenvalue weighted by molar-refractivity contribution is 0.122. The number of morpholine rings is 1. The summed E-state index contributed by atoms with van der Waals surface area (Å²) in [5.41, 5.74) is 3.12. The van der Waals surface area contributed by atoms with Gasteiger partial charge in [0.1, 0.15) is 0 Å². The molecule has 2 aromatic heterocycles. The van der Waals surface area contributed by atoms with E-state index in [9.17, 15) is 0 Å². The lowest BCUT2D eigenvalue weighted by atomic mass is 10.2. The molecule has 1 aliphatic rings. The minimum absolute atomic E-state index is 0.507. The molecule has 0 radical (unpaired) electrons. The van der Waals surface area contributed by atoms with Gasteiger partial charge in [0.2, 0.25) is 17.7 Å². The second-order valence-electron chi connectivity index (χ2n) is 7.21. The molecule has 0 spiro atoms. The number of hydrogen-bond donors (Lipinski definition) is 0. The molecule has 0 amide bonds. The Morgan fingerprint density at radius 2 is 1.77 bits per heavy atom. The summed E-state index contributed by atoms with van der Waals surface area (Å²) in [5.74, 6) is 2.40. The first-order valence-corrected chi connectivity index (χ1v) is 11.1. The van der Waals surface area contributed by atoms with Gasteiger partial charge >= 0.3 is 0 Å². The van der Waals surface area contributed by atoms with Crippen molar-refractivity contribution in [2.24, 2.45) is 0 Å². The van der Waals surface area contributed by atoms with Gasteiger partial charge in [-0.1, -0.05) is 42.1 Å². The largest absolute Gasteiger partial charge is 0.420 e. The van der Waals surface area contributed by atoms with E-state index >= 15 is 0 Å². The van der Waals surface area contributed by atoms with Gasteiger partial charge in [-0.25, -0.2) is 0 Å². The first-order chi connectivity index (χ1) is 15.3. The van der Waals surface area contributed by atoms with Crippen molar-refractivity contribution in [3.63, 3.8) is 0 Å². The first kappa shape index (κ1) is 19.8. The van der Waals surface area contributed by atoms with Gasteiger partial charge in [-0.05, 0) is 36.8 Å². The molecule has 3 heterocycles. The van der Waals surface area contributed by atoms with E-state index in [1.807, 2.05) is 36.4 Å².